The number of para-hydroxylation sites is 1. The molecule has 1 fully saturated rings. The summed E-state index contributed by atoms with van der Waals surface area (Å²) >= 11 is 0. The number of rotatable bonds is 9. The van der Waals surface area contributed by atoms with E-state index in [2.05, 4.69) is 20.9 Å². The number of likely N-dealkylation sites (tertiary alicyclic amines) is 1. The average Bonchev–Trinajstić information content (AvgIpc) is 3.22. The van der Waals surface area contributed by atoms with Gasteiger partial charge in [0.05, 0.1) is 5.69 Å². The monoisotopic (exact) mass is 552 g/mol. The molecule has 0 atom stereocenters. The van der Waals surface area contributed by atoms with E-state index in [4.69, 9.17) is 10.5 Å². The number of carbonyl (C=O) groups is 1. The molecule has 0 radical (unpaired) electrons. The summed E-state index contributed by atoms with van der Waals surface area (Å²) in [6.45, 7) is 6.18. The van der Waals surface area contributed by atoms with Gasteiger partial charge in [0.1, 0.15) is 35.0 Å². The van der Waals surface area contributed by atoms with Crippen molar-refractivity contribution in [3.05, 3.63) is 83.1 Å². The van der Waals surface area contributed by atoms with E-state index >= 15 is 0 Å². The van der Waals surface area contributed by atoms with Gasteiger partial charge in [-0.25, -0.2) is 14.8 Å². The topological polar surface area (TPSA) is 135 Å². The Balaban J connectivity index is 1.39. The van der Waals surface area contributed by atoms with E-state index in [0.717, 1.165) is 19.5 Å². The van der Waals surface area contributed by atoms with Gasteiger partial charge in [-0.15, -0.1) is 0 Å². The summed E-state index contributed by atoms with van der Waals surface area (Å²) in [7, 11) is 1.61. The molecule has 1 aliphatic rings. The Kier molecular flexibility index (Phi) is 7.59. The molecule has 0 aliphatic carbocycles. The first-order valence-electron chi connectivity index (χ1n) is 13.4. The normalized spacial score (nSPS) is 14.0. The number of imidazole rings is 1. The number of hydrogen-bond acceptors (Lipinski definition) is 8. The SMILES string of the molecule is CN(CCn1c(=O)n(-c2ccc(Oc3ccccc3)cc2)c2c(N)ncnc21)C(=O)C(C#N)=CC(C)(C)N1CCC1. The molecule has 41 heavy (non-hydrogen) atoms. The third kappa shape index (κ3) is 5.55. The van der Waals surface area contributed by atoms with E-state index in [1.165, 1.54) is 20.4 Å². The number of likely N-dealkylation sites (N-methyl/N-ethyl adjacent to an activating group) is 1. The fourth-order valence-electron chi connectivity index (χ4n) is 4.87. The number of nitrogen functional groups attached to an aromatic ring is 1. The zero-order valence-corrected chi connectivity index (χ0v) is 23.3. The van der Waals surface area contributed by atoms with Crippen LogP contribution >= 0.6 is 0 Å². The summed E-state index contributed by atoms with van der Waals surface area (Å²) in [5, 5.41) is 9.73. The van der Waals surface area contributed by atoms with Crippen LogP contribution in [0.5, 0.6) is 11.5 Å². The third-order valence-corrected chi connectivity index (χ3v) is 7.33. The van der Waals surface area contributed by atoms with Gasteiger partial charge in [0.15, 0.2) is 11.5 Å². The molecule has 0 unspecified atom stereocenters. The minimum atomic E-state index is -0.402. The number of nitriles is 1. The minimum absolute atomic E-state index is 0.0727. The van der Waals surface area contributed by atoms with E-state index in [9.17, 15) is 14.9 Å². The van der Waals surface area contributed by atoms with Gasteiger partial charge in [-0.1, -0.05) is 18.2 Å². The van der Waals surface area contributed by atoms with Crippen molar-refractivity contribution in [1.82, 2.24) is 28.9 Å². The lowest BCUT2D eigenvalue weighted by atomic mass is 9.95. The van der Waals surface area contributed by atoms with Gasteiger partial charge >= 0.3 is 5.69 Å². The number of anilines is 1. The average molecular weight is 553 g/mol. The largest absolute Gasteiger partial charge is 0.457 e. The molecule has 1 amide bonds. The highest BCUT2D eigenvalue weighted by Crippen LogP contribution is 2.26. The molecule has 11 heteroatoms. The number of nitrogens with two attached hydrogens (primary N) is 1. The lowest BCUT2D eigenvalue weighted by Crippen LogP contribution is -2.51. The molecule has 0 bridgehead atoms. The van der Waals surface area contributed by atoms with Crippen molar-refractivity contribution >= 4 is 22.9 Å². The Morgan fingerprint density at radius 2 is 1.80 bits per heavy atom. The lowest BCUT2D eigenvalue weighted by molar-refractivity contribution is -0.125. The first-order valence-corrected chi connectivity index (χ1v) is 13.4. The quantitative estimate of drug-likeness (QED) is 0.247. The lowest BCUT2D eigenvalue weighted by Gasteiger charge is -2.43. The van der Waals surface area contributed by atoms with Crippen molar-refractivity contribution in [2.24, 2.45) is 0 Å². The van der Waals surface area contributed by atoms with Crippen molar-refractivity contribution < 1.29 is 9.53 Å². The number of amides is 1. The van der Waals surface area contributed by atoms with Gasteiger partial charge < -0.3 is 15.4 Å². The van der Waals surface area contributed by atoms with Crippen LogP contribution in [-0.2, 0) is 11.3 Å². The van der Waals surface area contributed by atoms with Crippen molar-refractivity contribution in [3.8, 4) is 23.3 Å². The Hall–Kier alpha value is -4.95. The molecule has 1 saturated heterocycles. The maximum absolute atomic E-state index is 13.7. The second-order valence-corrected chi connectivity index (χ2v) is 10.5. The number of aromatic nitrogens is 4. The van der Waals surface area contributed by atoms with Gasteiger partial charge in [0.2, 0.25) is 0 Å². The molecule has 0 spiro atoms. The van der Waals surface area contributed by atoms with E-state index in [1.54, 1.807) is 37.4 Å². The summed E-state index contributed by atoms with van der Waals surface area (Å²) in [6.07, 6.45) is 4.13. The number of benzene rings is 2. The van der Waals surface area contributed by atoms with Crippen molar-refractivity contribution in [2.75, 3.05) is 32.4 Å². The maximum Gasteiger partial charge on any atom is 0.335 e. The Labute approximate surface area is 237 Å². The Morgan fingerprint density at radius 1 is 1.12 bits per heavy atom. The van der Waals surface area contributed by atoms with E-state index in [1.807, 2.05) is 44.2 Å². The fraction of sp³-hybridized carbons (Fsp3) is 0.300. The summed E-state index contributed by atoms with van der Waals surface area (Å²) in [4.78, 5) is 38.9. The van der Waals surface area contributed by atoms with Gasteiger partial charge in [-0.05, 0) is 62.7 Å². The second kappa shape index (κ2) is 11.3. The summed E-state index contributed by atoms with van der Waals surface area (Å²) in [6, 6.07) is 18.5. The van der Waals surface area contributed by atoms with E-state index < -0.39 is 11.4 Å². The predicted molar refractivity (Wildman–Crippen MR) is 156 cm³/mol. The number of ether oxygens (including phenoxy) is 1. The number of hydrogen-bond donors (Lipinski definition) is 1. The van der Waals surface area contributed by atoms with Crippen LogP contribution in [0.3, 0.4) is 0 Å². The molecule has 3 heterocycles. The van der Waals surface area contributed by atoms with Crippen LogP contribution in [0.2, 0.25) is 0 Å². The smallest absolute Gasteiger partial charge is 0.335 e. The minimum Gasteiger partial charge on any atom is -0.457 e. The van der Waals surface area contributed by atoms with Crippen molar-refractivity contribution in [1.29, 1.82) is 5.26 Å². The van der Waals surface area contributed by atoms with Crippen LogP contribution in [-0.4, -0.2) is 67.0 Å². The molecule has 0 saturated carbocycles. The first-order chi connectivity index (χ1) is 19.7. The fourth-order valence-corrected chi connectivity index (χ4v) is 4.87. The number of carbonyl (C=O) groups excluding carboxylic acids is 1. The molecule has 2 aromatic heterocycles. The zero-order chi connectivity index (χ0) is 29.1. The highest BCUT2D eigenvalue weighted by Gasteiger charge is 2.31. The van der Waals surface area contributed by atoms with Gasteiger partial charge in [0.25, 0.3) is 5.91 Å². The van der Waals surface area contributed by atoms with Crippen LogP contribution in [0.25, 0.3) is 16.9 Å². The highest BCUT2D eigenvalue weighted by atomic mass is 16.5. The molecule has 2 aromatic carbocycles. The van der Waals surface area contributed by atoms with Gasteiger partial charge in [0, 0.05) is 38.8 Å². The molecule has 4 aromatic rings. The summed E-state index contributed by atoms with van der Waals surface area (Å²) in [5.41, 5.74) is 6.79. The van der Waals surface area contributed by atoms with Crippen LogP contribution in [0.4, 0.5) is 5.82 Å². The van der Waals surface area contributed by atoms with Gasteiger partial charge in [-0.3, -0.25) is 18.8 Å². The predicted octanol–water partition coefficient (Wildman–Crippen LogP) is 3.35. The van der Waals surface area contributed by atoms with Crippen LogP contribution in [0, 0.1) is 11.3 Å². The standard InChI is InChI=1S/C30H32N8O3/c1-30(2,36-14-7-15-36)18-21(19-31)28(39)35(3)16-17-37-27-25(26(32)33-20-34-27)38(29(37)40)22-10-12-24(13-11-22)41-23-8-5-4-6-9-23/h4-6,8-13,18,20H,7,14-17H2,1-3H3,(H2,32,33,34). The maximum atomic E-state index is 13.7. The molecular formula is C30H32N8O3. The summed E-state index contributed by atoms with van der Waals surface area (Å²) < 4.78 is 8.79. The van der Waals surface area contributed by atoms with E-state index in [-0.39, 0.29) is 30.2 Å². The molecule has 11 nitrogen and oxygen atoms in total. The Morgan fingerprint density at radius 3 is 2.44 bits per heavy atom. The highest BCUT2D eigenvalue weighted by molar-refractivity contribution is 5.97. The number of nitrogens with zero attached hydrogens (tertiary/aromatic N) is 7. The molecule has 5 rings (SSSR count). The van der Waals surface area contributed by atoms with E-state index in [0.29, 0.717) is 28.4 Å². The molecule has 1 aliphatic heterocycles. The zero-order valence-electron chi connectivity index (χ0n) is 23.3. The molecule has 2 N–H and O–H groups in total. The van der Waals surface area contributed by atoms with Crippen LogP contribution in [0.1, 0.15) is 20.3 Å². The molecule has 210 valence electrons. The van der Waals surface area contributed by atoms with Crippen molar-refractivity contribution in [2.45, 2.75) is 32.4 Å². The summed E-state index contributed by atoms with van der Waals surface area (Å²) in [5.74, 6) is 1.06. The first kappa shape index (κ1) is 27.6. The number of fused-ring (bicyclic) bond motifs is 1. The third-order valence-electron chi connectivity index (χ3n) is 7.33. The van der Waals surface area contributed by atoms with Crippen molar-refractivity contribution in [3.63, 3.8) is 0 Å². The van der Waals surface area contributed by atoms with Gasteiger partial charge in [-0.2, -0.15) is 5.26 Å². The van der Waals surface area contributed by atoms with Crippen LogP contribution < -0.4 is 16.2 Å². The van der Waals surface area contributed by atoms with Crippen LogP contribution in [0.15, 0.2) is 77.4 Å². The molecular weight excluding hydrogens is 520 g/mol. The second-order valence-electron chi connectivity index (χ2n) is 10.5. The Bertz CT molecular complexity index is 1690.